The Bertz CT molecular complexity index is 388. The first-order valence-electron chi connectivity index (χ1n) is 5.60. The second-order valence-electron chi connectivity index (χ2n) is 4.55. The minimum absolute atomic E-state index is 0. The van der Waals surface area contributed by atoms with Gasteiger partial charge in [0.1, 0.15) is 10.7 Å². The number of rotatable bonds is 3. The lowest BCUT2D eigenvalue weighted by molar-refractivity contribution is 0.0903. The van der Waals surface area contributed by atoms with E-state index < -0.39 is 0 Å². The molecule has 0 radical (unpaired) electrons. The van der Waals surface area contributed by atoms with Crippen LogP contribution < -0.4 is 11.1 Å². The zero-order chi connectivity index (χ0) is 11.6. The van der Waals surface area contributed by atoms with E-state index >= 15 is 0 Å². The highest BCUT2D eigenvalue weighted by Gasteiger charge is 2.30. The van der Waals surface area contributed by atoms with Gasteiger partial charge in [0.15, 0.2) is 0 Å². The number of hydrogen-bond donors (Lipinski definition) is 2. The number of halogens is 1. The van der Waals surface area contributed by atoms with Gasteiger partial charge < -0.3 is 11.1 Å². The predicted octanol–water partition coefficient (Wildman–Crippen LogP) is 2.09. The number of hydrogen-bond acceptors (Lipinski definition) is 4. The summed E-state index contributed by atoms with van der Waals surface area (Å²) in [5.74, 6) is -0.0691. The Morgan fingerprint density at radius 1 is 1.59 bits per heavy atom. The van der Waals surface area contributed by atoms with Crippen LogP contribution in [0.25, 0.3) is 0 Å². The zero-order valence-electron chi connectivity index (χ0n) is 9.86. The Morgan fingerprint density at radius 3 is 2.76 bits per heavy atom. The van der Waals surface area contributed by atoms with Gasteiger partial charge in [-0.3, -0.25) is 4.79 Å². The number of thiazole rings is 1. The van der Waals surface area contributed by atoms with Gasteiger partial charge in [-0.05, 0) is 19.8 Å². The number of carbonyl (C=O) groups excluding carboxylic acids is 1. The monoisotopic (exact) mass is 275 g/mol. The van der Waals surface area contributed by atoms with E-state index in [1.54, 1.807) is 5.38 Å². The number of nitrogens with one attached hydrogen (secondary N) is 1. The van der Waals surface area contributed by atoms with Crippen LogP contribution in [-0.2, 0) is 6.54 Å². The molecule has 1 aromatic rings. The van der Waals surface area contributed by atoms with Crippen LogP contribution in [0, 0.1) is 0 Å². The Labute approximate surface area is 111 Å². The second kappa shape index (κ2) is 5.80. The number of nitrogens with two attached hydrogens (primary N) is 1. The molecule has 0 bridgehead atoms. The summed E-state index contributed by atoms with van der Waals surface area (Å²) < 4.78 is 0. The molecule has 4 nitrogen and oxygen atoms in total. The van der Waals surface area contributed by atoms with E-state index in [0.717, 1.165) is 17.8 Å². The molecule has 1 aliphatic rings. The quantitative estimate of drug-likeness (QED) is 0.888. The van der Waals surface area contributed by atoms with Gasteiger partial charge in [-0.15, -0.1) is 23.7 Å². The Hall–Kier alpha value is -0.650. The van der Waals surface area contributed by atoms with Gasteiger partial charge in [0, 0.05) is 17.5 Å². The molecule has 17 heavy (non-hydrogen) atoms. The molecule has 96 valence electrons. The van der Waals surface area contributed by atoms with Crippen molar-refractivity contribution < 1.29 is 4.79 Å². The Balaban J connectivity index is 0.00000144. The Morgan fingerprint density at radius 2 is 2.24 bits per heavy atom. The van der Waals surface area contributed by atoms with Crippen LogP contribution in [0.2, 0.25) is 0 Å². The van der Waals surface area contributed by atoms with Crippen molar-refractivity contribution >= 4 is 29.7 Å². The highest BCUT2D eigenvalue weighted by atomic mass is 35.5. The topological polar surface area (TPSA) is 68.0 Å². The van der Waals surface area contributed by atoms with Gasteiger partial charge in [0.25, 0.3) is 5.91 Å². The van der Waals surface area contributed by atoms with E-state index in [4.69, 9.17) is 5.73 Å². The van der Waals surface area contributed by atoms with Gasteiger partial charge in [-0.2, -0.15) is 0 Å². The summed E-state index contributed by atoms with van der Waals surface area (Å²) in [5, 5.41) is 5.65. The fourth-order valence-electron chi connectivity index (χ4n) is 2.13. The lowest BCUT2D eigenvalue weighted by atomic mass is 10.0. The Kier molecular flexibility index (Phi) is 4.91. The summed E-state index contributed by atoms with van der Waals surface area (Å²) in [6, 6.07) is 0. The normalized spacial score (nSPS) is 17.5. The van der Waals surface area contributed by atoms with Crippen LogP contribution in [0.4, 0.5) is 0 Å². The van der Waals surface area contributed by atoms with Gasteiger partial charge >= 0.3 is 0 Å². The van der Waals surface area contributed by atoms with Crippen LogP contribution in [0.3, 0.4) is 0 Å². The zero-order valence-corrected chi connectivity index (χ0v) is 11.5. The first kappa shape index (κ1) is 14.4. The average Bonchev–Trinajstić information content (AvgIpc) is 2.86. The highest BCUT2D eigenvalue weighted by Crippen LogP contribution is 2.29. The molecule has 0 spiro atoms. The number of carbonyl (C=O) groups is 1. The van der Waals surface area contributed by atoms with E-state index in [2.05, 4.69) is 17.2 Å². The van der Waals surface area contributed by atoms with Crippen molar-refractivity contribution in [2.45, 2.75) is 44.7 Å². The van der Waals surface area contributed by atoms with Crippen molar-refractivity contribution in [2.24, 2.45) is 5.73 Å². The van der Waals surface area contributed by atoms with Crippen LogP contribution in [0.1, 0.15) is 48.1 Å². The van der Waals surface area contributed by atoms with Gasteiger partial charge in [0.05, 0.1) is 0 Å². The van der Waals surface area contributed by atoms with E-state index in [1.807, 2.05) is 0 Å². The summed E-state index contributed by atoms with van der Waals surface area (Å²) in [6.45, 7) is 2.50. The van der Waals surface area contributed by atoms with Crippen LogP contribution in [0.5, 0.6) is 0 Å². The molecule has 0 atom stereocenters. The van der Waals surface area contributed by atoms with Crippen LogP contribution >= 0.6 is 23.7 Å². The van der Waals surface area contributed by atoms with Crippen LogP contribution in [-0.4, -0.2) is 16.4 Å². The molecule has 3 N–H and O–H groups in total. The molecule has 0 unspecified atom stereocenters. The summed E-state index contributed by atoms with van der Waals surface area (Å²) >= 11 is 1.44. The molecule has 2 rings (SSSR count). The molecule has 0 aromatic carbocycles. The van der Waals surface area contributed by atoms with E-state index in [-0.39, 0.29) is 23.9 Å². The molecule has 1 heterocycles. The van der Waals surface area contributed by atoms with Crippen molar-refractivity contribution in [2.75, 3.05) is 0 Å². The maximum Gasteiger partial charge on any atom is 0.271 e. The third kappa shape index (κ3) is 3.40. The largest absolute Gasteiger partial charge is 0.346 e. The maximum absolute atomic E-state index is 11.9. The molecule has 1 saturated carbocycles. The molecule has 1 aromatic heterocycles. The number of amides is 1. The summed E-state index contributed by atoms with van der Waals surface area (Å²) in [5.41, 5.74) is 5.93. The number of nitrogens with zero attached hydrogens (tertiary/aromatic N) is 1. The number of aromatic nitrogens is 1. The average molecular weight is 276 g/mol. The molecule has 0 aliphatic heterocycles. The summed E-state index contributed by atoms with van der Waals surface area (Å²) in [6.07, 6.45) is 4.52. The molecule has 1 amide bonds. The van der Waals surface area contributed by atoms with Gasteiger partial charge in [-0.1, -0.05) is 12.8 Å². The third-order valence-electron chi connectivity index (χ3n) is 3.08. The summed E-state index contributed by atoms with van der Waals surface area (Å²) in [7, 11) is 0. The molecule has 6 heteroatoms. The molecular formula is C11H18ClN3OS. The standard InChI is InChI=1S/C11H17N3OS.ClH/c1-11(4-2-3-5-11)14-10(15)8-7-16-9(6-12)13-8;/h7H,2-6,12H2,1H3,(H,14,15);1H. The lowest BCUT2D eigenvalue weighted by Crippen LogP contribution is -2.43. The van der Waals surface area contributed by atoms with E-state index in [0.29, 0.717) is 12.2 Å². The van der Waals surface area contributed by atoms with Crippen molar-refractivity contribution in [3.8, 4) is 0 Å². The van der Waals surface area contributed by atoms with Crippen molar-refractivity contribution in [3.63, 3.8) is 0 Å². The SMILES string of the molecule is CC1(NC(=O)c2csc(CN)n2)CCCC1.Cl. The first-order chi connectivity index (χ1) is 7.63. The predicted molar refractivity (Wildman–Crippen MR) is 71.6 cm³/mol. The second-order valence-corrected chi connectivity index (χ2v) is 5.50. The van der Waals surface area contributed by atoms with Crippen molar-refractivity contribution in [3.05, 3.63) is 16.1 Å². The van der Waals surface area contributed by atoms with Crippen molar-refractivity contribution in [1.29, 1.82) is 0 Å². The van der Waals surface area contributed by atoms with E-state index in [1.165, 1.54) is 24.2 Å². The fraction of sp³-hybridized carbons (Fsp3) is 0.636. The lowest BCUT2D eigenvalue weighted by Gasteiger charge is -2.24. The van der Waals surface area contributed by atoms with E-state index in [9.17, 15) is 4.79 Å². The highest BCUT2D eigenvalue weighted by molar-refractivity contribution is 7.09. The van der Waals surface area contributed by atoms with Crippen LogP contribution in [0.15, 0.2) is 5.38 Å². The minimum Gasteiger partial charge on any atom is -0.346 e. The molecule has 1 fully saturated rings. The maximum atomic E-state index is 11.9. The van der Waals surface area contributed by atoms with Gasteiger partial charge in [0.2, 0.25) is 0 Å². The molecule has 1 aliphatic carbocycles. The van der Waals surface area contributed by atoms with Crippen molar-refractivity contribution in [1.82, 2.24) is 10.3 Å². The first-order valence-corrected chi connectivity index (χ1v) is 6.48. The van der Waals surface area contributed by atoms with Gasteiger partial charge in [-0.25, -0.2) is 4.98 Å². The fourth-order valence-corrected chi connectivity index (χ4v) is 2.78. The third-order valence-corrected chi connectivity index (χ3v) is 3.95. The summed E-state index contributed by atoms with van der Waals surface area (Å²) in [4.78, 5) is 16.1. The molecular weight excluding hydrogens is 258 g/mol. The minimum atomic E-state index is -0.0691. The molecule has 0 saturated heterocycles. The smallest absolute Gasteiger partial charge is 0.271 e.